The first-order valence-electron chi connectivity index (χ1n) is 9.10. The minimum atomic E-state index is -0.305. The Labute approximate surface area is 158 Å². The summed E-state index contributed by atoms with van der Waals surface area (Å²) in [5.41, 5.74) is 1.40. The summed E-state index contributed by atoms with van der Waals surface area (Å²) in [7, 11) is 0. The molecule has 6 nitrogen and oxygen atoms in total. The smallest absolute Gasteiger partial charge is 0.291 e. The highest BCUT2D eigenvalue weighted by atomic mass is 19.1. The number of amides is 2. The third kappa shape index (κ3) is 4.18. The molecule has 27 heavy (non-hydrogen) atoms. The molecule has 0 spiro atoms. The molecule has 0 bridgehead atoms. The lowest BCUT2D eigenvalue weighted by Crippen LogP contribution is -2.47. The van der Waals surface area contributed by atoms with Gasteiger partial charge in [0.25, 0.3) is 5.91 Å². The van der Waals surface area contributed by atoms with Crippen LogP contribution in [-0.4, -0.2) is 45.7 Å². The highest BCUT2D eigenvalue weighted by molar-refractivity contribution is 5.93. The van der Waals surface area contributed by atoms with Crippen LogP contribution in [0.25, 0.3) is 0 Å². The standard InChI is InChI=1S/C20H24FN3O3/c1-13(2)17-11-23(20(26)19-14(3)22-12-27-19)9-8-18(25)24(17)10-15-4-6-16(21)7-5-15/h4-7,12-13,17H,8-11H2,1-3H3/t17-/m0/s1. The van der Waals surface area contributed by atoms with Crippen molar-refractivity contribution < 1.29 is 18.4 Å². The number of hydrogen-bond donors (Lipinski definition) is 0. The Kier molecular flexibility index (Phi) is 5.58. The molecular formula is C20H24FN3O3. The molecule has 0 N–H and O–H groups in total. The Balaban J connectivity index is 1.83. The van der Waals surface area contributed by atoms with Crippen LogP contribution >= 0.6 is 0 Å². The molecule has 1 aliphatic rings. The number of benzene rings is 1. The molecule has 2 heterocycles. The lowest BCUT2D eigenvalue weighted by Gasteiger charge is -2.34. The van der Waals surface area contributed by atoms with Crippen LogP contribution in [0.2, 0.25) is 0 Å². The lowest BCUT2D eigenvalue weighted by molar-refractivity contribution is -0.134. The Morgan fingerprint density at radius 2 is 2.04 bits per heavy atom. The van der Waals surface area contributed by atoms with Crippen molar-refractivity contribution in [3.05, 3.63) is 53.5 Å². The number of oxazole rings is 1. The van der Waals surface area contributed by atoms with Gasteiger partial charge in [-0.25, -0.2) is 9.37 Å². The van der Waals surface area contributed by atoms with Crippen LogP contribution in [0, 0.1) is 18.7 Å². The first-order chi connectivity index (χ1) is 12.9. The fourth-order valence-corrected chi connectivity index (χ4v) is 3.37. The van der Waals surface area contributed by atoms with E-state index >= 15 is 0 Å². The molecule has 1 aromatic carbocycles. The van der Waals surface area contributed by atoms with E-state index in [1.54, 1.807) is 28.9 Å². The van der Waals surface area contributed by atoms with Crippen molar-refractivity contribution in [3.63, 3.8) is 0 Å². The molecule has 2 aromatic rings. The van der Waals surface area contributed by atoms with Crippen molar-refractivity contribution in [2.45, 2.75) is 39.8 Å². The average molecular weight is 373 g/mol. The summed E-state index contributed by atoms with van der Waals surface area (Å²) in [5.74, 6) is -0.189. The summed E-state index contributed by atoms with van der Waals surface area (Å²) in [5, 5.41) is 0. The van der Waals surface area contributed by atoms with E-state index in [1.807, 2.05) is 13.8 Å². The molecule has 1 atom stereocenters. The Morgan fingerprint density at radius 1 is 1.33 bits per heavy atom. The summed E-state index contributed by atoms with van der Waals surface area (Å²) in [6.45, 7) is 6.93. The molecule has 1 aromatic heterocycles. The van der Waals surface area contributed by atoms with Crippen LogP contribution in [0.15, 0.2) is 35.1 Å². The van der Waals surface area contributed by atoms with E-state index in [9.17, 15) is 14.0 Å². The van der Waals surface area contributed by atoms with Crippen LogP contribution in [0.3, 0.4) is 0 Å². The number of aromatic nitrogens is 1. The van der Waals surface area contributed by atoms with Gasteiger partial charge in [0.15, 0.2) is 6.39 Å². The second-order valence-corrected chi connectivity index (χ2v) is 7.23. The van der Waals surface area contributed by atoms with E-state index in [0.717, 1.165) is 5.56 Å². The summed E-state index contributed by atoms with van der Waals surface area (Å²) < 4.78 is 18.4. The summed E-state index contributed by atoms with van der Waals surface area (Å²) in [4.78, 5) is 33.1. The van der Waals surface area contributed by atoms with Crippen LogP contribution in [0.4, 0.5) is 4.39 Å². The largest absolute Gasteiger partial charge is 0.438 e. The monoisotopic (exact) mass is 373 g/mol. The van der Waals surface area contributed by atoms with Gasteiger partial charge in [-0.3, -0.25) is 9.59 Å². The molecule has 3 rings (SSSR count). The molecule has 1 fully saturated rings. The van der Waals surface area contributed by atoms with Gasteiger partial charge >= 0.3 is 0 Å². The topological polar surface area (TPSA) is 66.7 Å². The third-order valence-electron chi connectivity index (χ3n) is 4.99. The summed E-state index contributed by atoms with van der Waals surface area (Å²) in [6, 6.07) is 6.02. The van der Waals surface area contributed by atoms with E-state index in [-0.39, 0.29) is 41.8 Å². The first kappa shape index (κ1) is 19.1. The number of carbonyl (C=O) groups excluding carboxylic acids is 2. The zero-order valence-electron chi connectivity index (χ0n) is 15.8. The van der Waals surface area contributed by atoms with Gasteiger partial charge in [0.2, 0.25) is 11.7 Å². The van der Waals surface area contributed by atoms with Crippen LogP contribution in [-0.2, 0) is 11.3 Å². The van der Waals surface area contributed by atoms with Gasteiger partial charge in [0.05, 0.1) is 11.7 Å². The second kappa shape index (κ2) is 7.90. The normalized spacial score (nSPS) is 18.1. The molecule has 0 radical (unpaired) electrons. The van der Waals surface area contributed by atoms with E-state index in [1.165, 1.54) is 18.5 Å². The summed E-state index contributed by atoms with van der Waals surface area (Å²) in [6.07, 6.45) is 1.50. The number of nitrogens with zero attached hydrogens (tertiary/aromatic N) is 3. The molecular weight excluding hydrogens is 349 g/mol. The van der Waals surface area contributed by atoms with Gasteiger partial charge < -0.3 is 14.2 Å². The maximum absolute atomic E-state index is 13.2. The lowest BCUT2D eigenvalue weighted by atomic mass is 10.0. The van der Waals surface area contributed by atoms with Crippen molar-refractivity contribution in [1.82, 2.24) is 14.8 Å². The highest BCUT2D eigenvalue weighted by Gasteiger charge is 2.34. The average Bonchev–Trinajstić information content (AvgIpc) is 2.99. The number of aryl methyl sites for hydroxylation is 1. The first-order valence-corrected chi connectivity index (χ1v) is 9.10. The van der Waals surface area contributed by atoms with Gasteiger partial charge in [0, 0.05) is 26.1 Å². The molecule has 0 aliphatic carbocycles. The van der Waals surface area contributed by atoms with Crippen molar-refractivity contribution in [2.75, 3.05) is 13.1 Å². The van der Waals surface area contributed by atoms with E-state index in [0.29, 0.717) is 25.3 Å². The van der Waals surface area contributed by atoms with Gasteiger partial charge in [-0.2, -0.15) is 0 Å². The molecule has 7 heteroatoms. The maximum Gasteiger partial charge on any atom is 0.291 e. The van der Waals surface area contributed by atoms with Gasteiger partial charge in [-0.1, -0.05) is 26.0 Å². The van der Waals surface area contributed by atoms with Crippen LogP contribution < -0.4 is 0 Å². The molecule has 0 unspecified atom stereocenters. The molecule has 0 saturated carbocycles. The predicted octanol–water partition coefficient (Wildman–Crippen LogP) is 3.02. The number of halogens is 1. The zero-order valence-corrected chi connectivity index (χ0v) is 15.8. The van der Waals surface area contributed by atoms with Crippen LogP contribution in [0.5, 0.6) is 0 Å². The zero-order chi connectivity index (χ0) is 19.6. The van der Waals surface area contributed by atoms with Crippen LogP contribution in [0.1, 0.15) is 42.1 Å². The number of carbonyl (C=O) groups is 2. The van der Waals surface area contributed by atoms with E-state index < -0.39 is 0 Å². The number of rotatable bonds is 4. The van der Waals surface area contributed by atoms with Gasteiger partial charge in [-0.05, 0) is 30.5 Å². The van der Waals surface area contributed by atoms with E-state index in [2.05, 4.69) is 4.98 Å². The fourth-order valence-electron chi connectivity index (χ4n) is 3.37. The molecule has 144 valence electrons. The Hall–Kier alpha value is -2.70. The van der Waals surface area contributed by atoms with Crippen molar-refractivity contribution in [2.24, 2.45) is 5.92 Å². The molecule has 1 aliphatic heterocycles. The highest BCUT2D eigenvalue weighted by Crippen LogP contribution is 2.22. The minimum Gasteiger partial charge on any atom is -0.438 e. The SMILES string of the molecule is Cc1ncoc1C(=O)N1CCC(=O)N(Cc2ccc(F)cc2)[C@H](C(C)C)C1. The van der Waals surface area contributed by atoms with Crippen molar-refractivity contribution in [1.29, 1.82) is 0 Å². The Bertz CT molecular complexity index is 816. The van der Waals surface area contributed by atoms with E-state index in [4.69, 9.17) is 4.42 Å². The van der Waals surface area contributed by atoms with Crippen molar-refractivity contribution in [3.8, 4) is 0 Å². The fraction of sp³-hybridized carbons (Fsp3) is 0.450. The second-order valence-electron chi connectivity index (χ2n) is 7.23. The number of hydrogen-bond acceptors (Lipinski definition) is 4. The molecule has 1 saturated heterocycles. The van der Waals surface area contributed by atoms with Crippen molar-refractivity contribution >= 4 is 11.8 Å². The minimum absolute atomic E-state index is 0.0115. The summed E-state index contributed by atoms with van der Waals surface area (Å²) >= 11 is 0. The maximum atomic E-state index is 13.2. The predicted molar refractivity (Wildman–Crippen MR) is 97.3 cm³/mol. The van der Waals surface area contributed by atoms with Gasteiger partial charge in [0.1, 0.15) is 5.82 Å². The molecule has 2 amide bonds. The third-order valence-corrected chi connectivity index (χ3v) is 4.99. The van der Waals surface area contributed by atoms with Gasteiger partial charge in [-0.15, -0.1) is 0 Å². The Morgan fingerprint density at radius 3 is 2.63 bits per heavy atom. The quantitative estimate of drug-likeness (QED) is 0.826.